The lowest BCUT2D eigenvalue weighted by Crippen LogP contribution is -2.33. The van der Waals surface area contributed by atoms with E-state index < -0.39 is 12.1 Å². The number of ketones is 1. The Morgan fingerprint density at radius 2 is 2.08 bits per heavy atom. The van der Waals surface area contributed by atoms with Crippen LogP contribution in [0.1, 0.15) is 59.3 Å². The molecule has 4 heteroatoms. The van der Waals surface area contributed by atoms with Crippen molar-refractivity contribution in [2.24, 2.45) is 11.8 Å². The number of carbonyl (C=O) groups excluding carboxylic acids is 2. The van der Waals surface area contributed by atoms with E-state index in [1.165, 1.54) is 5.57 Å². The third kappa shape index (κ3) is 3.34. The highest BCUT2D eigenvalue weighted by Gasteiger charge is 2.55. The van der Waals surface area contributed by atoms with E-state index >= 15 is 0 Å². The number of esters is 1. The molecule has 5 atom stereocenters. The lowest BCUT2D eigenvalue weighted by atomic mass is 9.82. The fraction of sp³-hybridized carbons (Fsp3) is 0.700. The molecule has 0 amide bonds. The van der Waals surface area contributed by atoms with E-state index in [1.807, 2.05) is 6.92 Å². The van der Waals surface area contributed by atoms with Gasteiger partial charge in [-0.15, -0.1) is 0 Å². The van der Waals surface area contributed by atoms with Crippen molar-refractivity contribution < 1.29 is 19.1 Å². The smallest absolute Gasteiger partial charge is 0.334 e. The van der Waals surface area contributed by atoms with E-state index in [9.17, 15) is 9.59 Å². The zero-order chi connectivity index (χ0) is 17.5. The molecule has 2 aliphatic heterocycles. The third-order valence-electron chi connectivity index (χ3n) is 5.92. The average molecular weight is 332 g/mol. The fourth-order valence-electron chi connectivity index (χ4n) is 3.99. The van der Waals surface area contributed by atoms with E-state index in [0.29, 0.717) is 12.0 Å². The van der Waals surface area contributed by atoms with Crippen molar-refractivity contribution in [3.63, 3.8) is 0 Å². The second kappa shape index (κ2) is 6.47. The standard InChI is InChI=1S/C20H28O4/c1-12-7-5-9-13(2)17(21)18-15(14(3)19(22)23-18)11-16-20(4,24-16)10-6-8-12/h8,13,15-16,18H,3,5-7,9-11H2,1-2,4H3/b12-8+/t13-,15-,16+,18-,20+/m0/s1. The normalized spacial score (nSPS) is 43.1. The summed E-state index contributed by atoms with van der Waals surface area (Å²) >= 11 is 0. The van der Waals surface area contributed by atoms with E-state index in [1.54, 1.807) is 0 Å². The molecule has 24 heavy (non-hydrogen) atoms. The monoisotopic (exact) mass is 332 g/mol. The van der Waals surface area contributed by atoms with Crippen LogP contribution in [-0.2, 0) is 19.1 Å². The molecule has 0 N–H and O–H groups in total. The highest BCUT2D eigenvalue weighted by Crippen LogP contribution is 2.47. The van der Waals surface area contributed by atoms with Gasteiger partial charge in [0, 0.05) is 17.4 Å². The van der Waals surface area contributed by atoms with Crippen molar-refractivity contribution in [1.82, 2.24) is 0 Å². The van der Waals surface area contributed by atoms with Crippen molar-refractivity contribution in [1.29, 1.82) is 0 Å². The largest absolute Gasteiger partial charge is 0.450 e. The van der Waals surface area contributed by atoms with Gasteiger partial charge < -0.3 is 9.47 Å². The summed E-state index contributed by atoms with van der Waals surface area (Å²) in [5.74, 6) is -0.722. The summed E-state index contributed by atoms with van der Waals surface area (Å²) in [4.78, 5) is 24.8. The number of fused-ring (bicyclic) bond motifs is 2. The van der Waals surface area contributed by atoms with Gasteiger partial charge >= 0.3 is 5.97 Å². The second-order valence-corrected chi connectivity index (χ2v) is 7.90. The molecular formula is C20H28O4. The van der Waals surface area contributed by atoms with Crippen LogP contribution < -0.4 is 0 Å². The predicted molar refractivity (Wildman–Crippen MR) is 91.4 cm³/mol. The van der Waals surface area contributed by atoms with Crippen molar-refractivity contribution in [2.45, 2.75) is 77.1 Å². The molecule has 2 saturated heterocycles. The van der Waals surface area contributed by atoms with Gasteiger partial charge in [0.2, 0.25) is 0 Å². The van der Waals surface area contributed by atoms with Gasteiger partial charge in [-0.05, 0) is 52.4 Å². The topological polar surface area (TPSA) is 55.9 Å². The highest BCUT2D eigenvalue weighted by atomic mass is 16.6. The van der Waals surface area contributed by atoms with Crippen LogP contribution in [0.4, 0.5) is 0 Å². The van der Waals surface area contributed by atoms with Crippen LogP contribution in [0.5, 0.6) is 0 Å². The number of rotatable bonds is 0. The first kappa shape index (κ1) is 17.4. The molecule has 0 bridgehead atoms. The average Bonchev–Trinajstić information content (AvgIpc) is 3.08. The molecule has 0 unspecified atom stereocenters. The maximum absolute atomic E-state index is 12.8. The lowest BCUT2D eigenvalue weighted by Gasteiger charge is -2.20. The van der Waals surface area contributed by atoms with Crippen molar-refractivity contribution in [2.75, 3.05) is 0 Å². The van der Waals surface area contributed by atoms with Gasteiger partial charge in [-0.25, -0.2) is 4.79 Å². The van der Waals surface area contributed by atoms with Crippen LogP contribution >= 0.6 is 0 Å². The molecule has 3 rings (SSSR count). The Balaban J connectivity index is 1.81. The van der Waals surface area contributed by atoms with Crippen molar-refractivity contribution in [3.8, 4) is 0 Å². The van der Waals surface area contributed by atoms with Crippen molar-refractivity contribution in [3.05, 3.63) is 23.8 Å². The molecule has 0 aromatic carbocycles. The lowest BCUT2D eigenvalue weighted by molar-refractivity contribution is -0.148. The third-order valence-corrected chi connectivity index (χ3v) is 5.92. The minimum Gasteiger partial charge on any atom is -0.450 e. The van der Waals surface area contributed by atoms with Gasteiger partial charge in [-0.3, -0.25) is 4.79 Å². The minimum atomic E-state index is -0.673. The molecule has 2 heterocycles. The van der Waals surface area contributed by atoms with Crippen LogP contribution in [-0.4, -0.2) is 29.6 Å². The predicted octanol–water partition coefficient (Wildman–Crippen LogP) is 3.75. The Labute approximate surface area is 144 Å². The Morgan fingerprint density at radius 1 is 1.33 bits per heavy atom. The van der Waals surface area contributed by atoms with E-state index in [0.717, 1.165) is 32.1 Å². The SMILES string of the molecule is C=C1C(=O)O[C@@H]2C(=O)[C@@H](C)CCC/C(C)=C/CC[C@@]3(C)O[C@@H]3C[C@@H]12. The van der Waals surface area contributed by atoms with Crippen molar-refractivity contribution >= 4 is 11.8 Å². The summed E-state index contributed by atoms with van der Waals surface area (Å²) in [6.45, 7) is 10.1. The van der Waals surface area contributed by atoms with Gasteiger partial charge in [0.05, 0.1) is 11.7 Å². The molecule has 3 aliphatic rings. The molecular weight excluding hydrogens is 304 g/mol. The van der Waals surface area contributed by atoms with Gasteiger partial charge in [-0.2, -0.15) is 0 Å². The number of hydrogen-bond acceptors (Lipinski definition) is 4. The minimum absolute atomic E-state index is 0.0352. The Bertz CT molecular complexity index is 590. The fourth-order valence-corrected chi connectivity index (χ4v) is 3.99. The number of epoxide rings is 1. The number of Topliss-reactive ketones (excluding diaryl/α,β-unsaturated/α-hetero) is 1. The van der Waals surface area contributed by atoms with E-state index in [4.69, 9.17) is 9.47 Å². The maximum Gasteiger partial charge on any atom is 0.334 e. The molecule has 0 aromatic rings. The summed E-state index contributed by atoms with van der Waals surface area (Å²) in [5, 5.41) is 0. The van der Waals surface area contributed by atoms with Crippen LogP contribution in [0, 0.1) is 11.8 Å². The van der Waals surface area contributed by atoms with E-state index in [2.05, 4.69) is 26.5 Å². The molecule has 132 valence electrons. The molecule has 0 aromatic heterocycles. The van der Waals surface area contributed by atoms with Gasteiger partial charge in [0.15, 0.2) is 11.9 Å². The van der Waals surface area contributed by atoms with Crippen LogP contribution in [0.25, 0.3) is 0 Å². The summed E-state index contributed by atoms with van der Waals surface area (Å²) in [5.41, 5.74) is 1.67. The first-order valence-corrected chi connectivity index (χ1v) is 9.09. The molecule has 4 nitrogen and oxygen atoms in total. The number of ether oxygens (including phenoxy) is 2. The summed E-state index contributed by atoms with van der Waals surface area (Å²) < 4.78 is 11.3. The van der Waals surface area contributed by atoms with Crippen LogP contribution in [0.3, 0.4) is 0 Å². The molecule has 0 radical (unpaired) electrons. The zero-order valence-corrected chi connectivity index (χ0v) is 15.0. The second-order valence-electron chi connectivity index (χ2n) is 7.90. The first-order chi connectivity index (χ1) is 11.3. The summed E-state index contributed by atoms with van der Waals surface area (Å²) in [7, 11) is 0. The van der Waals surface area contributed by atoms with Gasteiger partial charge in [-0.1, -0.05) is 25.2 Å². The maximum atomic E-state index is 12.8. The molecule has 2 fully saturated rings. The molecule has 0 spiro atoms. The summed E-state index contributed by atoms with van der Waals surface area (Å²) in [6.07, 6.45) is 7.16. The zero-order valence-electron chi connectivity index (χ0n) is 15.0. The Hall–Kier alpha value is -1.42. The number of carbonyl (C=O) groups is 2. The number of allylic oxidation sites excluding steroid dienone is 2. The van der Waals surface area contributed by atoms with Crippen LogP contribution in [0.2, 0.25) is 0 Å². The number of hydrogen-bond donors (Lipinski definition) is 0. The molecule has 1 aliphatic carbocycles. The van der Waals surface area contributed by atoms with Gasteiger partial charge in [0.1, 0.15) is 0 Å². The highest BCUT2D eigenvalue weighted by molar-refractivity contribution is 5.98. The van der Waals surface area contributed by atoms with Gasteiger partial charge in [0.25, 0.3) is 0 Å². The Morgan fingerprint density at radius 3 is 2.83 bits per heavy atom. The van der Waals surface area contributed by atoms with Crippen LogP contribution in [0.15, 0.2) is 23.8 Å². The first-order valence-electron chi connectivity index (χ1n) is 9.09. The van der Waals surface area contributed by atoms with E-state index in [-0.39, 0.29) is 29.3 Å². The molecule has 0 saturated carbocycles. The summed E-state index contributed by atoms with van der Waals surface area (Å²) in [6, 6.07) is 0. The Kier molecular flexibility index (Phi) is 4.69. The quantitative estimate of drug-likeness (QED) is 0.293.